The van der Waals surface area contributed by atoms with E-state index in [1.165, 1.54) is 0 Å². The second-order valence-corrected chi connectivity index (χ2v) is 6.21. The van der Waals surface area contributed by atoms with Crippen LogP contribution in [0, 0.1) is 6.92 Å². The van der Waals surface area contributed by atoms with Gasteiger partial charge in [-0.2, -0.15) is 0 Å². The van der Waals surface area contributed by atoms with Gasteiger partial charge in [0.05, 0.1) is 11.4 Å². The molecule has 0 aromatic heterocycles. The van der Waals surface area contributed by atoms with Gasteiger partial charge in [0.25, 0.3) is 0 Å². The van der Waals surface area contributed by atoms with Gasteiger partial charge in [-0.1, -0.05) is 32.0 Å². The first-order valence-corrected chi connectivity index (χ1v) is 7.12. The fraction of sp³-hybridized carbons (Fsp3) is 0.500. The smallest absolute Gasteiger partial charge is 0.232 e. The Hall–Kier alpha value is -1.03. The fourth-order valence-electron chi connectivity index (χ4n) is 1.54. The van der Waals surface area contributed by atoms with Crippen LogP contribution >= 0.6 is 0 Å². The first-order valence-electron chi connectivity index (χ1n) is 5.47. The van der Waals surface area contributed by atoms with Crippen molar-refractivity contribution in [1.29, 1.82) is 0 Å². The van der Waals surface area contributed by atoms with Gasteiger partial charge in [0.1, 0.15) is 0 Å². The molecule has 16 heavy (non-hydrogen) atoms. The van der Waals surface area contributed by atoms with E-state index in [1.54, 1.807) is 6.92 Å². The first-order chi connectivity index (χ1) is 7.37. The van der Waals surface area contributed by atoms with Crippen molar-refractivity contribution in [3.63, 3.8) is 0 Å². The van der Waals surface area contributed by atoms with Crippen LogP contribution in [0.25, 0.3) is 0 Å². The molecule has 0 atom stereocenters. The summed E-state index contributed by atoms with van der Waals surface area (Å²) in [6.07, 6.45) is 0. The van der Waals surface area contributed by atoms with E-state index in [1.807, 2.05) is 25.1 Å². The average molecular weight is 241 g/mol. The van der Waals surface area contributed by atoms with Crippen LogP contribution in [0.1, 0.15) is 37.8 Å². The van der Waals surface area contributed by atoms with Crippen molar-refractivity contribution in [2.24, 2.45) is 0 Å². The van der Waals surface area contributed by atoms with Crippen LogP contribution in [0.15, 0.2) is 18.2 Å². The van der Waals surface area contributed by atoms with Gasteiger partial charge in [0, 0.05) is 0 Å². The number of hydrogen-bond acceptors (Lipinski definition) is 2. The normalized spacial score (nSPS) is 11.8. The van der Waals surface area contributed by atoms with E-state index in [0.29, 0.717) is 5.92 Å². The molecular weight excluding hydrogens is 222 g/mol. The lowest BCUT2D eigenvalue weighted by molar-refractivity contribution is 0.602. The molecule has 0 aliphatic rings. The van der Waals surface area contributed by atoms with Gasteiger partial charge in [-0.3, -0.25) is 4.72 Å². The molecule has 0 unspecified atom stereocenters. The zero-order valence-electron chi connectivity index (χ0n) is 10.2. The zero-order chi connectivity index (χ0) is 12.3. The van der Waals surface area contributed by atoms with Crippen molar-refractivity contribution in [3.8, 4) is 0 Å². The highest BCUT2D eigenvalue weighted by Gasteiger charge is 2.14. The first kappa shape index (κ1) is 13.0. The maximum atomic E-state index is 11.6. The molecule has 0 spiro atoms. The van der Waals surface area contributed by atoms with Crippen LogP contribution in [0.5, 0.6) is 0 Å². The highest BCUT2D eigenvalue weighted by Crippen LogP contribution is 2.28. The van der Waals surface area contributed by atoms with Crippen LogP contribution in [0.4, 0.5) is 5.69 Å². The molecule has 0 amide bonds. The van der Waals surface area contributed by atoms with E-state index < -0.39 is 10.0 Å². The van der Waals surface area contributed by atoms with Gasteiger partial charge >= 0.3 is 0 Å². The SMILES string of the molecule is CCS(=O)(=O)Nc1c(C)cccc1C(C)C. The van der Waals surface area contributed by atoms with Crippen molar-refractivity contribution >= 4 is 15.7 Å². The van der Waals surface area contributed by atoms with Crippen molar-refractivity contribution in [3.05, 3.63) is 29.3 Å². The number of rotatable bonds is 4. The third-order valence-corrected chi connectivity index (χ3v) is 3.84. The van der Waals surface area contributed by atoms with E-state index in [4.69, 9.17) is 0 Å². The average Bonchev–Trinajstić information content (AvgIpc) is 2.20. The van der Waals surface area contributed by atoms with E-state index >= 15 is 0 Å². The van der Waals surface area contributed by atoms with Gasteiger partial charge < -0.3 is 0 Å². The summed E-state index contributed by atoms with van der Waals surface area (Å²) in [6, 6.07) is 5.83. The molecule has 0 saturated heterocycles. The second-order valence-electron chi connectivity index (χ2n) is 4.20. The number of para-hydroxylation sites is 1. The number of aryl methyl sites for hydroxylation is 1. The molecule has 0 heterocycles. The third-order valence-electron chi connectivity index (χ3n) is 2.56. The van der Waals surface area contributed by atoms with E-state index in [2.05, 4.69) is 18.6 Å². The minimum Gasteiger partial charge on any atom is -0.283 e. The van der Waals surface area contributed by atoms with E-state index in [0.717, 1.165) is 16.8 Å². The van der Waals surface area contributed by atoms with Crippen LogP contribution in [0.3, 0.4) is 0 Å². The Balaban J connectivity index is 3.21. The Morgan fingerprint density at radius 1 is 1.31 bits per heavy atom. The Bertz CT molecular complexity index is 464. The van der Waals surface area contributed by atoms with E-state index in [-0.39, 0.29) is 5.75 Å². The van der Waals surface area contributed by atoms with Gasteiger partial charge in [0.2, 0.25) is 10.0 Å². The quantitative estimate of drug-likeness (QED) is 0.881. The number of sulfonamides is 1. The van der Waals surface area contributed by atoms with E-state index in [9.17, 15) is 8.42 Å². The third kappa shape index (κ3) is 2.98. The summed E-state index contributed by atoms with van der Waals surface area (Å²) in [6.45, 7) is 7.66. The van der Waals surface area contributed by atoms with Crippen LogP contribution in [0.2, 0.25) is 0 Å². The number of hydrogen-bond donors (Lipinski definition) is 1. The molecule has 3 nitrogen and oxygen atoms in total. The van der Waals surface area contributed by atoms with Crippen molar-refractivity contribution in [2.75, 3.05) is 10.5 Å². The zero-order valence-corrected chi connectivity index (χ0v) is 11.1. The molecule has 1 aromatic rings. The van der Waals surface area contributed by atoms with Crippen LogP contribution in [-0.4, -0.2) is 14.2 Å². The number of benzene rings is 1. The van der Waals surface area contributed by atoms with Crippen molar-refractivity contribution < 1.29 is 8.42 Å². The summed E-state index contributed by atoms with van der Waals surface area (Å²) in [7, 11) is -3.20. The second kappa shape index (κ2) is 4.87. The van der Waals surface area contributed by atoms with Crippen LogP contribution < -0.4 is 4.72 Å². The Labute approximate surface area is 97.9 Å². The monoisotopic (exact) mass is 241 g/mol. The Morgan fingerprint density at radius 3 is 2.44 bits per heavy atom. The van der Waals surface area contributed by atoms with Gasteiger partial charge in [-0.15, -0.1) is 0 Å². The summed E-state index contributed by atoms with van der Waals surface area (Å²) in [4.78, 5) is 0. The van der Waals surface area contributed by atoms with Gasteiger partial charge in [0.15, 0.2) is 0 Å². The van der Waals surface area contributed by atoms with Gasteiger partial charge in [-0.05, 0) is 30.9 Å². The van der Waals surface area contributed by atoms with Crippen molar-refractivity contribution in [2.45, 2.75) is 33.6 Å². The highest BCUT2D eigenvalue weighted by atomic mass is 32.2. The van der Waals surface area contributed by atoms with Crippen LogP contribution in [-0.2, 0) is 10.0 Å². The molecule has 0 bridgehead atoms. The number of nitrogens with one attached hydrogen (secondary N) is 1. The molecule has 0 aliphatic carbocycles. The minimum absolute atomic E-state index is 0.0961. The van der Waals surface area contributed by atoms with Crippen molar-refractivity contribution in [1.82, 2.24) is 0 Å². The lowest BCUT2D eigenvalue weighted by atomic mass is 9.99. The summed E-state index contributed by atoms with van der Waals surface area (Å²) >= 11 is 0. The summed E-state index contributed by atoms with van der Waals surface area (Å²) in [5, 5.41) is 0. The standard InChI is InChI=1S/C12H19NO2S/c1-5-16(14,15)13-12-10(4)7-6-8-11(12)9(2)3/h6-9,13H,5H2,1-4H3. The minimum atomic E-state index is -3.20. The molecule has 4 heteroatoms. The highest BCUT2D eigenvalue weighted by molar-refractivity contribution is 7.92. The molecule has 0 radical (unpaired) electrons. The summed E-state index contributed by atoms with van der Waals surface area (Å²) in [5.41, 5.74) is 2.74. The van der Waals surface area contributed by atoms with Gasteiger partial charge in [-0.25, -0.2) is 8.42 Å². The lowest BCUT2D eigenvalue weighted by Gasteiger charge is -2.16. The summed E-state index contributed by atoms with van der Waals surface area (Å²) in [5.74, 6) is 0.397. The fourth-order valence-corrected chi connectivity index (χ4v) is 2.27. The predicted molar refractivity (Wildman–Crippen MR) is 68.4 cm³/mol. The molecule has 1 N–H and O–H groups in total. The molecule has 90 valence electrons. The predicted octanol–water partition coefficient (Wildman–Crippen LogP) is 2.88. The molecule has 1 aromatic carbocycles. The maximum absolute atomic E-state index is 11.6. The maximum Gasteiger partial charge on any atom is 0.232 e. The Kier molecular flexibility index (Phi) is 3.97. The number of anilines is 1. The molecule has 0 fully saturated rings. The molecule has 0 saturated carbocycles. The summed E-state index contributed by atoms with van der Waals surface area (Å²) < 4.78 is 25.8. The lowest BCUT2D eigenvalue weighted by Crippen LogP contribution is -2.17. The molecule has 0 aliphatic heterocycles. The molecular formula is C12H19NO2S. The molecule has 1 rings (SSSR count). The Morgan fingerprint density at radius 2 is 1.94 bits per heavy atom. The largest absolute Gasteiger partial charge is 0.283 e. The topological polar surface area (TPSA) is 46.2 Å².